The Morgan fingerprint density at radius 2 is 1.28 bits per heavy atom. The summed E-state index contributed by atoms with van der Waals surface area (Å²) in [6.45, 7) is 1.67. The second-order valence-corrected chi connectivity index (χ2v) is 20.7. The zero-order valence-electron chi connectivity index (χ0n) is 44.0. The summed E-state index contributed by atoms with van der Waals surface area (Å²) in [5.74, 6) is -1.59. The van der Waals surface area contributed by atoms with Gasteiger partial charge in [0.25, 0.3) is 0 Å². The molecule has 0 spiro atoms. The Labute approximate surface area is 447 Å². The van der Waals surface area contributed by atoms with E-state index in [1.807, 2.05) is 24.3 Å². The molecule has 20 nitrogen and oxygen atoms in total. The summed E-state index contributed by atoms with van der Waals surface area (Å²) in [5, 5.41) is 41.2. The van der Waals surface area contributed by atoms with E-state index in [1.165, 1.54) is 6.07 Å². The molecule has 0 radical (unpaired) electrons. The highest BCUT2D eigenvalue weighted by Crippen LogP contribution is 2.60. The van der Waals surface area contributed by atoms with E-state index in [9.17, 15) is 53.7 Å². The zero-order valence-corrected chi connectivity index (χ0v) is 45.8. The molecule has 1 fully saturated rings. The fourth-order valence-corrected chi connectivity index (χ4v) is 9.07. The maximum atomic E-state index is 12.9. The van der Waals surface area contributed by atoms with Crippen LogP contribution < -0.4 is 11.4 Å². The van der Waals surface area contributed by atoms with Crippen molar-refractivity contribution in [3.8, 4) is 0 Å². The molecule has 0 bridgehead atoms. The van der Waals surface area contributed by atoms with Crippen molar-refractivity contribution >= 4 is 33.4 Å². The van der Waals surface area contributed by atoms with Gasteiger partial charge in [0.2, 0.25) is 0 Å². The first-order valence-corrected chi connectivity index (χ1v) is 29.1. The number of rotatable bonds is 41. The number of allylic oxidation sites excluding steroid dienone is 16. The molecule has 22 heteroatoms. The van der Waals surface area contributed by atoms with E-state index in [-0.39, 0.29) is 31.5 Å². The molecule has 426 valence electrons. The van der Waals surface area contributed by atoms with Crippen LogP contribution in [-0.4, -0.2) is 108 Å². The molecule has 8 N–H and O–H groups in total. The summed E-state index contributed by atoms with van der Waals surface area (Å²) < 4.78 is 56.6. The highest BCUT2D eigenvalue weighted by atomic mass is 31.3. The predicted molar refractivity (Wildman–Crippen MR) is 291 cm³/mol. The lowest BCUT2D eigenvalue weighted by Gasteiger charge is -2.21. The van der Waals surface area contributed by atoms with E-state index in [2.05, 4.69) is 83.9 Å². The summed E-state index contributed by atoms with van der Waals surface area (Å²) in [7, 11) is -11.0. The first-order valence-electron chi connectivity index (χ1n) is 26.1. The molecule has 9 atom stereocenters. The lowest BCUT2D eigenvalue weighted by Crippen LogP contribution is -2.36. The lowest BCUT2D eigenvalue weighted by atomic mass is 10.1. The van der Waals surface area contributed by atoms with E-state index in [1.54, 1.807) is 24.3 Å². The van der Waals surface area contributed by atoms with Crippen molar-refractivity contribution < 1.29 is 76.5 Å². The molecule has 1 aromatic rings. The summed E-state index contributed by atoms with van der Waals surface area (Å²) in [5.41, 5.74) is 4.56. The first kappa shape index (κ1) is 67.4. The normalized spacial score (nSPS) is 20.4. The molecule has 1 aromatic heterocycles. The van der Waals surface area contributed by atoms with Crippen LogP contribution >= 0.6 is 15.6 Å². The van der Waals surface area contributed by atoms with Gasteiger partial charge in [-0.3, -0.25) is 23.2 Å². The Hall–Kier alpha value is -4.66. The average molecular weight is 1110 g/mol. The second-order valence-electron chi connectivity index (χ2n) is 17.7. The third kappa shape index (κ3) is 32.8. The molecule has 0 aliphatic carbocycles. The Morgan fingerprint density at radius 1 is 0.711 bits per heavy atom. The number of ether oxygens (including phenoxy) is 3. The van der Waals surface area contributed by atoms with Crippen LogP contribution in [0, 0.1) is 0 Å². The van der Waals surface area contributed by atoms with Gasteiger partial charge in [0, 0.05) is 19.0 Å². The van der Waals surface area contributed by atoms with Crippen LogP contribution in [0.5, 0.6) is 0 Å². The predicted octanol–water partition coefficient (Wildman–Crippen LogP) is 8.94. The van der Waals surface area contributed by atoms with Gasteiger partial charge in [-0.25, -0.2) is 13.9 Å². The number of carbonyl (C=O) groups is 2. The molecule has 2 unspecified atom stereocenters. The zero-order chi connectivity index (χ0) is 55.9. The van der Waals surface area contributed by atoms with Crippen LogP contribution in [0.1, 0.15) is 136 Å². The van der Waals surface area contributed by atoms with Gasteiger partial charge in [-0.2, -0.15) is 9.29 Å². The van der Waals surface area contributed by atoms with Crippen LogP contribution in [0.3, 0.4) is 0 Å². The van der Waals surface area contributed by atoms with Crippen molar-refractivity contribution in [3.05, 3.63) is 132 Å². The molecule has 1 aliphatic heterocycles. The van der Waals surface area contributed by atoms with Crippen LogP contribution in [0.4, 0.5) is 5.82 Å². The number of nitrogens with two attached hydrogens (primary N) is 1. The monoisotopic (exact) mass is 1110 g/mol. The third-order valence-corrected chi connectivity index (χ3v) is 13.7. The van der Waals surface area contributed by atoms with Crippen molar-refractivity contribution in [1.82, 2.24) is 9.55 Å². The van der Waals surface area contributed by atoms with Gasteiger partial charge in [0.05, 0.1) is 25.4 Å². The van der Waals surface area contributed by atoms with Gasteiger partial charge >= 0.3 is 33.3 Å². The highest BCUT2D eigenvalue weighted by Gasteiger charge is 2.46. The van der Waals surface area contributed by atoms with Crippen molar-refractivity contribution in [2.75, 3.05) is 25.6 Å². The molecule has 2 rings (SSSR count). The fraction of sp³-hybridized carbons (Fsp3) is 0.556. The topological polar surface area (TPSA) is 306 Å². The number of aromatic nitrogens is 2. The molecule has 2 heterocycles. The number of aliphatic hydroxyl groups is 4. The minimum atomic E-state index is -5.49. The number of nitrogen functional groups attached to an aromatic ring is 1. The number of hydrogen-bond donors (Lipinski definition) is 7. The third-order valence-electron chi connectivity index (χ3n) is 11.0. The quantitative estimate of drug-likeness (QED) is 0.0106. The van der Waals surface area contributed by atoms with Gasteiger partial charge in [0.1, 0.15) is 30.7 Å². The van der Waals surface area contributed by atoms with Crippen LogP contribution in [0.15, 0.2) is 126 Å². The van der Waals surface area contributed by atoms with Crippen molar-refractivity contribution in [3.63, 3.8) is 0 Å². The SMILES string of the molecule is CC/C=C\C/C=C\C/C=C\C/C=C\C/C=C\CCCCCC(=O)O[C@H](COC(=O)CCC[C@@H](O)/C=C/C=C\C/C=C\C=C\[C@@H](O)CCCCC)COP(=O)(O)OP(=O)(O)OC[C@H]1O[C@@H](n2ccc(N)nc2=O)[C@H](O)[C@@H]1O. The molecular formula is C54H83N3O17P2. The minimum Gasteiger partial charge on any atom is -0.462 e. The Bertz CT molecular complexity index is 2240. The van der Waals surface area contributed by atoms with E-state index in [4.69, 9.17) is 29.0 Å². The molecule has 0 aromatic carbocycles. The number of unbranched alkanes of at least 4 members (excludes halogenated alkanes) is 5. The lowest BCUT2D eigenvalue weighted by molar-refractivity contribution is -0.161. The Balaban J connectivity index is 1.88. The van der Waals surface area contributed by atoms with E-state index in [0.29, 0.717) is 19.3 Å². The molecule has 76 heavy (non-hydrogen) atoms. The molecule has 0 amide bonds. The Kier molecular flexibility index (Phi) is 36.0. The molecule has 1 aliphatic rings. The molecule has 0 saturated carbocycles. The smallest absolute Gasteiger partial charge is 0.462 e. The van der Waals surface area contributed by atoms with Gasteiger partial charge in [-0.1, -0.05) is 149 Å². The number of anilines is 1. The van der Waals surface area contributed by atoms with E-state index >= 15 is 0 Å². The second kappa shape index (κ2) is 40.5. The number of hydrogen-bond acceptors (Lipinski definition) is 17. The van der Waals surface area contributed by atoms with E-state index < -0.39 is 95.9 Å². The number of esters is 2. The average Bonchev–Trinajstić information content (AvgIpc) is 3.65. The van der Waals surface area contributed by atoms with Gasteiger partial charge in [-0.15, -0.1) is 0 Å². The number of aliphatic hydroxyl groups excluding tert-OH is 4. The largest absolute Gasteiger partial charge is 0.481 e. The van der Waals surface area contributed by atoms with Gasteiger partial charge in [-0.05, 0) is 83.1 Å². The van der Waals surface area contributed by atoms with Crippen molar-refractivity contribution in [1.29, 1.82) is 0 Å². The number of phosphoric acid groups is 2. The fourth-order valence-electron chi connectivity index (χ4n) is 6.96. The highest BCUT2D eigenvalue weighted by molar-refractivity contribution is 7.61. The maximum Gasteiger partial charge on any atom is 0.481 e. The van der Waals surface area contributed by atoms with Crippen LogP contribution in [0.25, 0.3) is 0 Å². The van der Waals surface area contributed by atoms with Gasteiger partial charge in [0.15, 0.2) is 12.3 Å². The maximum absolute atomic E-state index is 12.9. The Morgan fingerprint density at radius 3 is 1.88 bits per heavy atom. The minimum absolute atomic E-state index is 0.0455. The van der Waals surface area contributed by atoms with Crippen LogP contribution in [-0.2, 0) is 46.3 Å². The summed E-state index contributed by atoms with van der Waals surface area (Å²) in [6.07, 6.45) is 39.4. The number of phosphoric ester groups is 2. The number of carbonyl (C=O) groups excluding carboxylic acids is 2. The number of nitrogens with zero attached hydrogens (tertiary/aromatic N) is 2. The molecular weight excluding hydrogens is 1020 g/mol. The van der Waals surface area contributed by atoms with E-state index in [0.717, 1.165) is 81.4 Å². The van der Waals surface area contributed by atoms with Crippen molar-refractivity contribution in [2.45, 2.75) is 172 Å². The van der Waals surface area contributed by atoms with Crippen molar-refractivity contribution in [2.24, 2.45) is 0 Å². The summed E-state index contributed by atoms with van der Waals surface area (Å²) in [6, 6.07) is 1.23. The summed E-state index contributed by atoms with van der Waals surface area (Å²) in [4.78, 5) is 62.0. The van der Waals surface area contributed by atoms with Crippen LogP contribution in [0.2, 0.25) is 0 Å². The molecule has 1 saturated heterocycles. The summed E-state index contributed by atoms with van der Waals surface area (Å²) >= 11 is 0. The first-order chi connectivity index (χ1) is 36.5. The van der Waals surface area contributed by atoms with Gasteiger partial charge < -0.3 is 50.2 Å². The standard InChI is InChI=1S/C54H83N3O17P2/c1-3-5-7-8-9-10-11-12-13-14-15-16-17-18-19-20-24-27-31-37-50(61)72-46(41-69-49(60)38-32-36-45(59)35-30-26-23-21-22-25-29-34-44(58)33-28-6-4-2)42-70-75(65,66)74-76(67,68)71-43-47-51(62)52(63)53(73-47)57-40-39-48(55)56-54(57)64/h5,7,9-10,12-13,15-16,18-19,22-23,25-26,29-30,34-35,39-40,44-47,51-53,58-59,62-63H,3-4,6,8,11,14,17,20-21,24,27-28,31-33,36-38,41-43H2,1-2H3,(H,65,66)(H,67,68)(H2,55,56,64)/b7-5-,10-9-,13-12-,16-15-,19-18-,25-22-,26-23-,34-29+,35-30+/t44-,45-,46+,47+,51+,52+,53+/m0/s1.